The predicted molar refractivity (Wildman–Crippen MR) is 81.2 cm³/mol. The van der Waals surface area contributed by atoms with E-state index in [-0.39, 0.29) is 6.03 Å². The Hall–Kier alpha value is -0.950. The van der Waals surface area contributed by atoms with Gasteiger partial charge in [0.25, 0.3) is 0 Å². The summed E-state index contributed by atoms with van der Waals surface area (Å²) >= 11 is 1.58. The minimum atomic E-state index is -0.971. The van der Waals surface area contributed by atoms with Crippen LogP contribution < -0.4 is 5.32 Å². The first-order valence-electron chi connectivity index (χ1n) is 6.86. The highest BCUT2D eigenvalue weighted by Crippen LogP contribution is 2.15. The van der Waals surface area contributed by atoms with Crippen LogP contribution in [0.3, 0.4) is 0 Å². The van der Waals surface area contributed by atoms with Gasteiger partial charge >= 0.3 is 12.0 Å². The van der Waals surface area contributed by atoms with Crippen LogP contribution in [-0.2, 0) is 4.79 Å². The fourth-order valence-electron chi connectivity index (χ4n) is 2.40. The molecule has 0 aromatic heterocycles. The molecule has 2 N–H and O–H groups in total. The number of nitrogens with zero attached hydrogens (tertiary/aromatic N) is 2. The Labute approximate surface area is 124 Å². The van der Waals surface area contributed by atoms with Crippen molar-refractivity contribution in [2.24, 2.45) is 5.92 Å². The second-order valence-electron chi connectivity index (χ2n) is 5.42. The molecule has 1 fully saturated rings. The molecule has 1 aliphatic rings. The van der Waals surface area contributed by atoms with Gasteiger partial charge in [-0.2, -0.15) is 11.8 Å². The molecule has 0 saturated carbocycles. The van der Waals surface area contributed by atoms with Gasteiger partial charge in [0, 0.05) is 20.1 Å². The third kappa shape index (κ3) is 5.58. The van der Waals surface area contributed by atoms with E-state index in [4.69, 9.17) is 5.11 Å². The highest BCUT2D eigenvalue weighted by Gasteiger charge is 2.25. The summed E-state index contributed by atoms with van der Waals surface area (Å²) < 4.78 is 0. The molecule has 0 spiro atoms. The fraction of sp³-hybridized carbons (Fsp3) is 0.846. The van der Waals surface area contributed by atoms with Crippen molar-refractivity contribution < 1.29 is 14.7 Å². The van der Waals surface area contributed by atoms with Gasteiger partial charge in [0.1, 0.15) is 6.04 Å². The van der Waals surface area contributed by atoms with Crippen molar-refractivity contribution >= 4 is 23.8 Å². The lowest BCUT2D eigenvalue weighted by Gasteiger charge is -2.24. The molecule has 0 aliphatic carbocycles. The topological polar surface area (TPSA) is 72.9 Å². The van der Waals surface area contributed by atoms with E-state index in [0.717, 1.165) is 19.5 Å². The van der Waals surface area contributed by atoms with Crippen molar-refractivity contribution in [3.63, 3.8) is 0 Å². The molecule has 1 aliphatic heterocycles. The molecular weight excluding hydrogens is 278 g/mol. The summed E-state index contributed by atoms with van der Waals surface area (Å²) in [5, 5.41) is 11.7. The molecule has 2 amide bonds. The fourth-order valence-corrected chi connectivity index (χ4v) is 2.87. The summed E-state index contributed by atoms with van der Waals surface area (Å²) in [6.07, 6.45) is 3.45. The quantitative estimate of drug-likeness (QED) is 0.727. The lowest BCUT2D eigenvalue weighted by Crippen LogP contribution is -2.48. The minimum absolute atomic E-state index is 0.298. The Balaban J connectivity index is 2.40. The number of thioether (sulfide) groups is 1. The molecule has 1 unspecified atom stereocenters. The maximum absolute atomic E-state index is 12.0. The zero-order valence-corrected chi connectivity index (χ0v) is 13.3. The van der Waals surface area contributed by atoms with Crippen molar-refractivity contribution in [1.29, 1.82) is 0 Å². The number of carboxylic acid groups (broad SMARTS) is 1. The summed E-state index contributed by atoms with van der Waals surface area (Å²) in [7, 11) is 3.80. The number of urea groups is 1. The zero-order valence-electron chi connectivity index (χ0n) is 12.5. The molecule has 0 bridgehead atoms. The first kappa shape index (κ1) is 17.1. The van der Waals surface area contributed by atoms with Crippen molar-refractivity contribution in [2.45, 2.75) is 18.9 Å². The smallest absolute Gasteiger partial charge is 0.326 e. The molecule has 0 aromatic carbocycles. The van der Waals surface area contributed by atoms with Gasteiger partial charge in [0.05, 0.1) is 0 Å². The van der Waals surface area contributed by atoms with E-state index in [1.54, 1.807) is 23.7 Å². The third-order valence-electron chi connectivity index (χ3n) is 3.57. The molecule has 116 valence electrons. The number of nitrogens with one attached hydrogen (secondary N) is 1. The van der Waals surface area contributed by atoms with Crippen molar-refractivity contribution in [2.75, 3.05) is 45.7 Å². The number of carbonyl (C=O) groups is 2. The Kier molecular flexibility index (Phi) is 7.15. The number of likely N-dealkylation sites (tertiary alicyclic amines) is 1. The zero-order chi connectivity index (χ0) is 15.1. The molecule has 6 nitrogen and oxygen atoms in total. The average Bonchev–Trinajstić information content (AvgIpc) is 2.79. The number of carboxylic acids is 1. The summed E-state index contributed by atoms with van der Waals surface area (Å²) in [5.74, 6) is 0.223. The van der Waals surface area contributed by atoms with Gasteiger partial charge in [-0.1, -0.05) is 0 Å². The molecule has 7 heteroatoms. The molecule has 0 radical (unpaired) electrons. The number of rotatable bonds is 7. The van der Waals surface area contributed by atoms with Crippen molar-refractivity contribution in [1.82, 2.24) is 15.1 Å². The number of hydrogen-bond donors (Lipinski definition) is 2. The van der Waals surface area contributed by atoms with Crippen molar-refractivity contribution in [3.05, 3.63) is 0 Å². The van der Waals surface area contributed by atoms with Gasteiger partial charge in [0.2, 0.25) is 0 Å². The van der Waals surface area contributed by atoms with Gasteiger partial charge < -0.3 is 20.2 Å². The highest BCUT2D eigenvalue weighted by molar-refractivity contribution is 7.98. The Bertz CT molecular complexity index is 341. The van der Waals surface area contributed by atoms with E-state index in [0.29, 0.717) is 24.6 Å². The minimum Gasteiger partial charge on any atom is -0.480 e. The first-order chi connectivity index (χ1) is 9.43. The van der Waals surface area contributed by atoms with Crippen LogP contribution in [0.5, 0.6) is 0 Å². The normalized spacial score (nSPS) is 20.6. The lowest BCUT2D eigenvalue weighted by molar-refractivity contribution is -0.139. The highest BCUT2D eigenvalue weighted by atomic mass is 32.2. The number of amides is 2. The van der Waals surface area contributed by atoms with E-state index < -0.39 is 12.0 Å². The van der Waals surface area contributed by atoms with Crippen LogP contribution in [0.15, 0.2) is 0 Å². The van der Waals surface area contributed by atoms with Gasteiger partial charge in [-0.25, -0.2) is 9.59 Å². The maximum atomic E-state index is 12.0. The predicted octanol–water partition coefficient (Wildman–Crippen LogP) is 0.786. The van der Waals surface area contributed by atoms with Crippen LogP contribution >= 0.6 is 11.8 Å². The molecule has 1 rings (SSSR count). The average molecular weight is 303 g/mol. The van der Waals surface area contributed by atoms with Gasteiger partial charge in [-0.05, 0) is 44.4 Å². The van der Waals surface area contributed by atoms with E-state index in [1.807, 2.05) is 6.26 Å². The number of hydrogen-bond acceptors (Lipinski definition) is 4. The third-order valence-corrected chi connectivity index (χ3v) is 4.22. The monoisotopic (exact) mass is 303 g/mol. The van der Waals surface area contributed by atoms with Gasteiger partial charge in [-0.15, -0.1) is 0 Å². The summed E-state index contributed by atoms with van der Waals surface area (Å²) in [5.41, 5.74) is 0. The maximum Gasteiger partial charge on any atom is 0.326 e. The first-order valence-corrected chi connectivity index (χ1v) is 8.25. The second-order valence-corrected chi connectivity index (χ2v) is 6.40. The number of aliphatic carboxylic acids is 1. The second kappa shape index (κ2) is 8.36. The van der Waals surface area contributed by atoms with Crippen LogP contribution in [0.4, 0.5) is 4.79 Å². The van der Waals surface area contributed by atoms with E-state index in [1.165, 1.54) is 0 Å². The van der Waals surface area contributed by atoms with Crippen LogP contribution in [0, 0.1) is 5.92 Å². The summed E-state index contributed by atoms with van der Waals surface area (Å²) in [6, 6.07) is -1.10. The molecule has 1 heterocycles. The molecule has 1 saturated heterocycles. The standard InChI is InChI=1S/C13H25N3O3S/c1-15-6-4-10(8-15)9-16(2)13(19)14-11(12(17)18)5-7-20-3/h10-11H,4-9H2,1-3H3,(H,14,19)(H,17,18)/t10?,11-/m1/s1. The van der Waals surface area contributed by atoms with Crippen molar-refractivity contribution in [3.8, 4) is 0 Å². The van der Waals surface area contributed by atoms with E-state index >= 15 is 0 Å². The van der Waals surface area contributed by atoms with Crippen LogP contribution in [0.25, 0.3) is 0 Å². The molecule has 2 atom stereocenters. The Morgan fingerprint density at radius 1 is 1.55 bits per heavy atom. The Morgan fingerprint density at radius 3 is 2.75 bits per heavy atom. The van der Waals surface area contributed by atoms with Gasteiger partial charge in [0.15, 0.2) is 0 Å². The Morgan fingerprint density at radius 2 is 2.25 bits per heavy atom. The van der Waals surface area contributed by atoms with E-state index in [9.17, 15) is 9.59 Å². The molecule has 20 heavy (non-hydrogen) atoms. The molecule has 0 aromatic rings. The van der Waals surface area contributed by atoms with Crippen LogP contribution in [0.1, 0.15) is 12.8 Å². The van der Waals surface area contributed by atoms with Gasteiger partial charge in [-0.3, -0.25) is 0 Å². The largest absolute Gasteiger partial charge is 0.480 e. The van der Waals surface area contributed by atoms with Crippen LogP contribution in [0.2, 0.25) is 0 Å². The summed E-state index contributed by atoms with van der Waals surface area (Å²) in [6.45, 7) is 2.73. The lowest BCUT2D eigenvalue weighted by atomic mass is 10.1. The summed E-state index contributed by atoms with van der Waals surface area (Å²) in [4.78, 5) is 27.0. The van der Waals surface area contributed by atoms with E-state index in [2.05, 4.69) is 17.3 Å². The number of carbonyl (C=O) groups excluding carboxylic acids is 1. The van der Waals surface area contributed by atoms with Crippen LogP contribution in [-0.4, -0.2) is 78.7 Å². The SMILES string of the molecule is CSCC[C@@H](NC(=O)N(C)CC1CCN(C)C1)C(=O)O. The molecular formula is C13H25N3O3S.